The Hall–Kier alpha value is -1.59. The van der Waals surface area contributed by atoms with Crippen LogP contribution in [0.5, 0.6) is 0 Å². The van der Waals surface area contributed by atoms with Gasteiger partial charge in [0.25, 0.3) is 0 Å². The molecule has 0 saturated carbocycles. The number of halogens is 1. The van der Waals surface area contributed by atoms with E-state index in [1.54, 1.807) is 12.3 Å². The molecule has 1 aromatic heterocycles. The van der Waals surface area contributed by atoms with Crippen LogP contribution in [0.2, 0.25) is 5.02 Å². The lowest BCUT2D eigenvalue weighted by molar-refractivity contribution is -0.115. The van der Waals surface area contributed by atoms with Crippen LogP contribution in [0.15, 0.2) is 41.8 Å². The van der Waals surface area contributed by atoms with Crippen molar-refractivity contribution in [3.05, 3.63) is 41.8 Å². The Kier molecular flexibility index (Phi) is 4.17. The predicted octanol–water partition coefficient (Wildman–Crippen LogP) is 2.37. The first kappa shape index (κ1) is 12.9. The van der Waals surface area contributed by atoms with Crippen molar-refractivity contribution in [2.75, 3.05) is 5.75 Å². The van der Waals surface area contributed by atoms with Gasteiger partial charge in [0, 0.05) is 22.3 Å². The second kappa shape index (κ2) is 5.84. The van der Waals surface area contributed by atoms with E-state index in [2.05, 4.69) is 9.97 Å². The summed E-state index contributed by atoms with van der Waals surface area (Å²) in [4.78, 5) is 19.0. The number of benzene rings is 1. The summed E-state index contributed by atoms with van der Waals surface area (Å²) < 4.78 is 0. The van der Waals surface area contributed by atoms with Crippen molar-refractivity contribution in [2.45, 2.75) is 5.03 Å². The number of nitrogens with zero attached hydrogens (tertiary/aromatic N) is 2. The van der Waals surface area contributed by atoms with Gasteiger partial charge in [-0.05, 0) is 6.07 Å². The second-order valence-corrected chi connectivity index (χ2v) is 4.85. The van der Waals surface area contributed by atoms with Crippen molar-refractivity contribution in [3.8, 4) is 11.1 Å². The van der Waals surface area contributed by atoms with E-state index in [9.17, 15) is 4.79 Å². The summed E-state index contributed by atoms with van der Waals surface area (Å²) in [6.45, 7) is 0. The Morgan fingerprint density at radius 1 is 1.33 bits per heavy atom. The van der Waals surface area contributed by atoms with Gasteiger partial charge in [0.15, 0.2) is 0 Å². The average Bonchev–Trinajstić information content (AvgIpc) is 2.37. The molecule has 2 N–H and O–H groups in total. The number of amides is 1. The molecule has 1 aromatic carbocycles. The summed E-state index contributed by atoms with van der Waals surface area (Å²) in [5.41, 5.74) is 6.77. The smallest absolute Gasteiger partial charge is 0.227 e. The molecule has 0 aliphatic rings. The number of thioether (sulfide) groups is 1. The van der Waals surface area contributed by atoms with E-state index in [4.69, 9.17) is 17.3 Å². The summed E-state index contributed by atoms with van der Waals surface area (Å²) in [6.07, 6.45) is 3.11. The van der Waals surface area contributed by atoms with Gasteiger partial charge in [0.1, 0.15) is 11.4 Å². The van der Waals surface area contributed by atoms with Crippen LogP contribution < -0.4 is 5.73 Å². The number of nitrogens with two attached hydrogens (primary N) is 1. The standard InChI is InChI=1S/C12H10ClN3OS/c13-10-4-2-1-3-8(10)9-5-15-7-16-12(9)18-6-11(14)17/h1-5,7H,6H2,(H2,14,17). The summed E-state index contributed by atoms with van der Waals surface area (Å²) in [5.74, 6) is -0.210. The zero-order valence-electron chi connectivity index (χ0n) is 9.34. The highest BCUT2D eigenvalue weighted by molar-refractivity contribution is 8.00. The van der Waals surface area contributed by atoms with Gasteiger partial charge >= 0.3 is 0 Å². The third kappa shape index (κ3) is 3.00. The fourth-order valence-corrected chi connectivity index (χ4v) is 2.39. The van der Waals surface area contributed by atoms with Crippen molar-refractivity contribution >= 4 is 29.3 Å². The van der Waals surface area contributed by atoms with E-state index in [1.165, 1.54) is 18.1 Å². The van der Waals surface area contributed by atoms with E-state index in [0.29, 0.717) is 10.0 Å². The topological polar surface area (TPSA) is 68.9 Å². The quantitative estimate of drug-likeness (QED) is 0.689. The number of hydrogen-bond donors (Lipinski definition) is 1. The van der Waals surface area contributed by atoms with Gasteiger partial charge in [0.05, 0.1) is 5.75 Å². The molecule has 0 aliphatic heterocycles. The van der Waals surface area contributed by atoms with Crippen molar-refractivity contribution < 1.29 is 4.79 Å². The van der Waals surface area contributed by atoms with E-state index in [1.807, 2.05) is 18.2 Å². The first-order chi connectivity index (χ1) is 8.68. The van der Waals surface area contributed by atoms with E-state index < -0.39 is 0 Å². The van der Waals surface area contributed by atoms with Gasteiger partial charge in [-0.3, -0.25) is 4.79 Å². The number of primary amides is 1. The molecular weight excluding hydrogens is 270 g/mol. The van der Waals surface area contributed by atoms with Gasteiger partial charge in [-0.15, -0.1) is 0 Å². The van der Waals surface area contributed by atoms with Crippen molar-refractivity contribution in [2.24, 2.45) is 5.73 Å². The first-order valence-electron chi connectivity index (χ1n) is 5.14. The van der Waals surface area contributed by atoms with Gasteiger partial charge in [-0.1, -0.05) is 41.6 Å². The van der Waals surface area contributed by atoms with Crippen LogP contribution >= 0.6 is 23.4 Å². The Balaban J connectivity index is 2.39. The van der Waals surface area contributed by atoms with Gasteiger partial charge in [0.2, 0.25) is 5.91 Å². The molecular formula is C12H10ClN3OS. The molecule has 1 amide bonds. The molecule has 18 heavy (non-hydrogen) atoms. The maximum Gasteiger partial charge on any atom is 0.227 e. The van der Waals surface area contributed by atoms with Crippen LogP contribution in [-0.2, 0) is 4.79 Å². The Bertz CT molecular complexity index is 577. The number of carbonyl (C=O) groups is 1. The number of aromatic nitrogens is 2. The van der Waals surface area contributed by atoms with Gasteiger partial charge in [-0.2, -0.15) is 0 Å². The zero-order valence-corrected chi connectivity index (χ0v) is 10.9. The van der Waals surface area contributed by atoms with Crippen LogP contribution in [0.4, 0.5) is 0 Å². The molecule has 0 bridgehead atoms. The van der Waals surface area contributed by atoms with Crippen LogP contribution in [0.25, 0.3) is 11.1 Å². The third-order valence-corrected chi connectivity index (χ3v) is 3.55. The first-order valence-corrected chi connectivity index (χ1v) is 6.51. The second-order valence-electron chi connectivity index (χ2n) is 3.48. The highest BCUT2D eigenvalue weighted by Gasteiger charge is 2.11. The lowest BCUT2D eigenvalue weighted by atomic mass is 10.1. The third-order valence-electron chi connectivity index (χ3n) is 2.19. The normalized spacial score (nSPS) is 10.3. The zero-order chi connectivity index (χ0) is 13.0. The minimum Gasteiger partial charge on any atom is -0.369 e. The van der Waals surface area contributed by atoms with Crippen LogP contribution in [0, 0.1) is 0 Å². The van der Waals surface area contributed by atoms with Crippen molar-refractivity contribution in [1.29, 1.82) is 0 Å². The minimum atomic E-state index is -0.385. The lowest BCUT2D eigenvalue weighted by Crippen LogP contribution is -2.13. The monoisotopic (exact) mass is 279 g/mol. The van der Waals surface area contributed by atoms with Crippen molar-refractivity contribution in [3.63, 3.8) is 0 Å². The Labute approximate surface area is 114 Å². The van der Waals surface area contributed by atoms with Gasteiger partial charge < -0.3 is 5.73 Å². The molecule has 2 aromatic rings. The van der Waals surface area contributed by atoms with E-state index in [-0.39, 0.29) is 11.7 Å². The molecule has 4 nitrogen and oxygen atoms in total. The molecule has 0 fully saturated rings. The molecule has 0 aliphatic carbocycles. The fourth-order valence-electron chi connectivity index (χ4n) is 1.44. The fraction of sp³-hybridized carbons (Fsp3) is 0.0833. The molecule has 0 radical (unpaired) electrons. The number of carbonyl (C=O) groups excluding carboxylic acids is 1. The molecule has 0 unspecified atom stereocenters. The SMILES string of the molecule is NC(=O)CSc1ncncc1-c1ccccc1Cl. The van der Waals surface area contributed by atoms with Crippen LogP contribution in [0.3, 0.4) is 0 Å². The Morgan fingerprint density at radius 2 is 2.11 bits per heavy atom. The van der Waals surface area contributed by atoms with Crippen molar-refractivity contribution in [1.82, 2.24) is 9.97 Å². The number of hydrogen-bond acceptors (Lipinski definition) is 4. The highest BCUT2D eigenvalue weighted by atomic mass is 35.5. The minimum absolute atomic E-state index is 0.175. The molecule has 1 heterocycles. The molecule has 0 spiro atoms. The molecule has 0 atom stereocenters. The predicted molar refractivity (Wildman–Crippen MR) is 72.4 cm³/mol. The largest absolute Gasteiger partial charge is 0.369 e. The van der Waals surface area contributed by atoms with E-state index >= 15 is 0 Å². The van der Waals surface area contributed by atoms with Crippen LogP contribution in [-0.4, -0.2) is 21.6 Å². The summed E-state index contributed by atoms with van der Waals surface area (Å²) in [7, 11) is 0. The van der Waals surface area contributed by atoms with E-state index in [0.717, 1.165) is 11.1 Å². The van der Waals surface area contributed by atoms with Crippen LogP contribution in [0.1, 0.15) is 0 Å². The summed E-state index contributed by atoms with van der Waals surface area (Å²) in [5, 5.41) is 1.31. The molecule has 2 rings (SSSR count). The van der Waals surface area contributed by atoms with Gasteiger partial charge in [-0.25, -0.2) is 9.97 Å². The number of rotatable bonds is 4. The maximum absolute atomic E-state index is 10.8. The summed E-state index contributed by atoms with van der Waals surface area (Å²) >= 11 is 7.41. The highest BCUT2D eigenvalue weighted by Crippen LogP contribution is 2.33. The summed E-state index contributed by atoms with van der Waals surface area (Å²) in [6, 6.07) is 7.42. The molecule has 92 valence electrons. The average molecular weight is 280 g/mol. The molecule has 0 saturated heterocycles. The Morgan fingerprint density at radius 3 is 2.83 bits per heavy atom. The maximum atomic E-state index is 10.8. The molecule has 6 heteroatoms. The lowest BCUT2D eigenvalue weighted by Gasteiger charge is -2.08.